The Kier molecular flexibility index (Phi) is 9.76. The van der Waals surface area contributed by atoms with Gasteiger partial charge in [-0.3, -0.25) is 13.9 Å². The number of likely N-dealkylation sites (N-methyl/N-ethyl adjacent to an activating group) is 1. The van der Waals surface area contributed by atoms with Gasteiger partial charge in [-0.15, -0.1) is 0 Å². The molecule has 212 valence electrons. The molecule has 1 N–H and O–H groups in total. The van der Waals surface area contributed by atoms with E-state index in [1.807, 2.05) is 60.7 Å². The Labute approximate surface area is 241 Å². The Morgan fingerprint density at radius 3 is 1.90 bits per heavy atom. The Bertz CT molecular complexity index is 1530. The quantitative estimate of drug-likeness (QED) is 0.251. The molecule has 41 heavy (non-hydrogen) atoms. The molecule has 0 aliphatic rings. The summed E-state index contributed by atoms with van der Waals surface area (Å²) in [5.41, 5.74) is 1.10. The minimum absolute atomic E-state index is 0.0452. The summed E-state index contributed by atoms with van der Waals surface area (Å²) >= 11 is 0. The van der Waals surface area contributed by atoms with Crippen LogP contribution >= 0.6 is 0 Å². The fourth-order valence-corrected chi connectivity index (χ4v) is 5.67. The summed E-state index contributed by atoms with van der Waals surface area (Å²) in [6.45, 7) is 3.47. The van der Waals surface area contributed by atoms with Crippen LogP contribution in [-0.4, -0.2) is 44.3 Å². The van der Waals surface area contributed by atoms with Crippen molar-refractivity contribution in [3.05, 3.63) is 121 Å². The summed E-state index contributed by atoms with van der Waals surface area (Å²) < 4.78 is 34.7. The maximum atomic E-state index is 13.9. The number of hydrogen-bond donors (Lipinski definition) is 1. The predicted molar refractivity (Wildman–Crippen MR) is 159 cm³/mol. The molecular weight excluding hydrogens is 538 g/mol. The van der Waals surface area contributed by atoms with Gasteiger partial charge in [-0.25, -0.2) is 8.42 Å². The van der Waals surface area contributed by atoms with Gasteiger partial charge in [-0.1, -0.05) is 66.7 Å². The minimum Gasteiger partial charge on any atom is -0.457 e. The molecule has 2 amide bonds. The minimum atomic E-state index is -4.14. The summed E-state index contributed by atoms with van der Waals surface area (Å²) in [6, 6.07) is 32.1. The zero-order valence-corrected chi connectivity index (χ0v) is 23.8. The zero-order chi connectivity index (χ0) is 29.2. The molecule has 4 aromatic carbocycles. The third-order valence-electron chi connectivity index (χ3n) is 6.43. The molecule has 0 aliphatic carbocycles. The second kappa shape index (κ2) is 13.6. The van der Waals surface area contributed by atoms with E-state index in [-0.39, 0.29) is 23.0 Å². The molecule has 8 nitrogen and oxygen atoms in total. The van der Waals surface area contributed by atoms with Crippen LogP contribution in [0, 0.1) is 0 Å². The predicted octanol–water partition coefficient (Wildman–Crippen LogP) is 5.23. The number of para-hydroxylation sites is 1. The van der Waals surface area contributed by atoms with E-state index in [1.165, 1.54) is 17.0 Å². The molecule has 0 bridgehead atoms. The Morgan fingerprint density at radius 1 is 0.780 bits per heavy atom. The Hall–Kier alpha value is -4.63. The Morgan fingerprint density at radius 2 is 1.32 bits per heavy atom. The summed E-state index contributed by atoms with van der Waals surface area (Å²) in [5, 5.41) is 2.76. The normalized spacial score (nSPS) is 11.8. The molecule has 4 rings (SSSR count). The second-order valence-corrected chi connectivity index (χ2v) is 11.2. The van der Waals surface area contributed by atoms with Crippen LogP contribution in [0.1, 0.15) is 19.4 Å². The second-order valence-electron chi connectivity index (χ2n) is 9.31. The molecule has 9 heteroatoms. The fraction of sp³-hybridized carbons (Fsp3) is 0.188. The van der Waals surface area contributed by atoms with Crippen molar-refractivity contribution in [2.75, 3.05) is 17.4 Å². The first kappa shape index (κ1) is 29.4. The van der Waals surface area contributed by atoms with E-state index in [0.29, 0.717) is 18.0 Å². The van der Waals surface area contributed by atoms with E-state index in [0.717, 1.165) is 9.87 Å². The Balaban J connectivity index is 1.68. The standard InChI is InChI=1S/C32H33N3O5S/c1-3-33-32(37)25(2)34(23-26-13-7-4-8-14-26)31(36)24-35(41(38,39)30-17-11-6-12-18-30)27-19-21-29(22-20-27)40-28-15-9-5-10-16-28/h4-22,25H,3,23-24H2,1-2H3,(H,33,37)/t25-/m1/s1. The first-order chi connectivity index (χ1) is 19.8. The summed E-state index contributed by atoms with van der Waals surface area (Å²) in [4.78, 5) is 28.1. The molecular formula is C32H33N3O5S. The number of hydrogen-bond acceptors (Lipinski definition) is 5. The lowest BCUT2D eigenvalue weighted by molar-refractivity contribution is -0.139. The molecule has 0 aliphatic heterocycles. The van der Waals surface area contributed by atoms with Gasteiger partial charge in [0.1, 0.15) is 24.1 Å². The third-order valence-corrected chi connectivity index (χ3v) is 8.22. The molecule has 0 fully saturated rings. The van der Waals surface area contributed by atoms with E-state index in [1.54, 1.807) is 56.3 Å². The van der Waals surface area contributed by atoms with Crippen LogP contribution < -0.4 is 14.4 Å². The average Bonchev–Trinajstić information content (AvgIpc) is 3.00. The van der Waals surface area contributed by atoms with E-state index in [4.69, 9.17) is 4.74 Å². The highest BCUT2D eigenvalue weighted by atomic mass is 32.2. The van der Waals surface area contributed by atoms with Crippen LogP contribution in [0.4, 0.5) is 5.69 Å². The molecule has 0 spiro atoms. The number of sulfonamides is 1. The van der Waals surface area contributed by atoms with Crippen molar-refractivity contribution in [2.24, 2.45) is 0 Å². The number of carbonyl (C=O) groups is 2. The van der Waals surface area contributed by atoms with Gasteiger partial charge >= 0.3 is 0 Å². The molecule has 0 aromatic heterocycles. The molecule has 0 unspecified atom stereocenters. The van der Waals surface area contributed by atoms with Gasteiger partial charge in [-0.05, 0) is 67.9 Å². The van der Waals surface area contributed by atoms with E-state index in [2.05, 4.69) is 5.32 Å². The molecule has 0 heterocycles. The summed E-state index contributed by atoms with van der Waals surface area (Å²) in [5.74, 6) is 0.312. The van der Waals surface area contributed by atoms with Gasteiger partial charge in [-0.2, -0.15) is 0 Å². The van der Waals surface area contributed by atoms with Crippen molar-refractivity contribution in [1.29, 1.82) is 0 Å². The smallest absolute Gasteiger partial charge is 0.264 e. The largest absolute Gasteiger partial charge is 0.457 e. The number of carbonyl (C=O) groups excluding carboxylic acids is 2. The van der Waals surface area contributed by atoms with Gasteiger partial charge < -0.3 is 15.0 Å². The van der Waals surface area contributed by atoms with Crippen LogP contribution in [0.3, 0.4) is 0 Å². The number of anilines is 1. The van der Waals surface area contributed by atoms with Crippen LogP contribution in [0.25, 0.3) is 0 Å². The lowest BCUT2D eigenvalue weighted by atomic mass is 10.1. The summed E-state index contributed by atoms with van der Waals surface area (Å²) in [7, 11) is -4.14. The van der Waals surface area contributed by atoms with Crippen LogP contribution in [-0.2, 0) is 26.2 Å². The van der Waals surface area contributed by atoms with Gasteiger partial charge in [0.25, 0.3) is 10.0 Å². The molecule has 0 radical (unpaired) electrons. The molecule has 0 saturated heterocycles. The van der Waals surface area contributed by atoms with Crippen LogP contribution in [0.2, 0.25) is 0 Å². The highest BCUT2D eigenvalue weighted by Gasteiger charge is 2.32. The maximum absolute atomic E-state index is 13.9. The topological polar surface area (TPSA) is 96.0 Å². The number of amides is 2. The van der Waals surface area contributed by atoms with Crippen molar-refractivity contribution in [2.45, 2.75) is 31.3 Å². The average molecular weight is 572 g/mol. The van der Waals surface area contributed by atoms with E-state index < -0.39 is 28.5 Å². The van der Waals surface area contributed by atoms with Gasteiger partial charge in [0.15, 0.2) is 0 Å². The molecule has 4 aromatic rings. The highest BCUT2D eigenvalue weighted by molar-refractivity contribution is 7.92. The van der Waals surface area contributed by atoms with Gasteiger partial charge in [0.05, 0.1) is 10.6 Å². The van der Waals surface area contributed by atoms with Gasteiger partial charge in [0, 0.05) is 13.1 Å². The highest BCUT2D eigenvalue weighted by Crippen LogP contribution is 2.28. The van der Waals surface area contributed by atoms with Crippen molar-refractivity contribution in [1.82, 2.24) is 10.2 Å². The van der Waals surface area contributed by atoms with E-state index in [9.17, 15) is 18.0 Å². The van der Waals surface area contributed by atoms with E-state index >= 15 is 0 Å². The van der Waals surface area contributed by atoms with Crippen molar-refractivity contribution < 1.29 is 22.7 Å². The number of ether oxygens (including phenoxy) is 1. The SMILES string of the molecule is CCNC(=O)[C@@H](C)N(Cc1ccccc1)C(=O)CN(c1ccc(Oc2ccccc2)cc1)S(=O)(=O)c1ccccc1. The van der Waals surface area contributed by atoms with Crippen molar-refractivity contribution in [3.8, 4) is 11.5 Å². The maximum Gasteiger partial charge on any atom is 0.264 e. The number of rotatable bonds is 12. The number of nitrogens with zero attached hydrogens (tertiary/aromatic N) is 2. The third kappa shape index (κ3) is 7.52. The number of benzene rings is 4. The monoisotopic (exact) mass is 571 g/mol. The van der Waals surface area contributed by atoms with Crippen LogP contribution in [0.15, 0.2) is 120 Å². The first-order valence-electron chi connectivity index (χ1n) is 13.3. The number of nitrogens with one attached hydrogen (secondary N) is 1. The van der Waals surface area contributed by atoms with Gasteiger partial charge in [0.2, 0.25) is 11.8 Å². The lowest BCUT2D eigenvalue weighted by Crippen LogP contribution is -2.51. The molecule has 0 saturated carbocycles. The zero-order valence-electron chi connectivity index (χ0n) is 23.0. The molecule has 1 atom stereocenters. The lowest BCUT2D eigenvalue weighted by Gasteiger charge is -2.32. The fourth-order valence-electron chi connectivity index (χ4n) is 4.24. The van der Waals surface area contributed by atoms with Crippen molar-refractivity contribution in [3.63, 3.8) is 0 Å². The first-order valence-corrected chi connectivity index (χ1v) is 14.8. The van der Waals surface area contributed by atoms with Crippen LogP contribution in [0.5, 0.6) is 11.5 Å². The summed E-state index contributed by atoms with van der Waals surface area (Å²) in [6.07, 6.45) is 0. The van der Waals surface area contributed by atoms with Crippen molar-refractivity contribution >= 4 is 27.5 Å².